The number of aliphatic hydroxyl groups excluding tert-OH is 1. The molecular formula is C38H52O11Si. The smallest absolute Gasteiger partial charge is 0.338 e. The summed E-state index contributed by atoms with van der Waals surface area (Å²) in [6.07, 6.45) is -5.22. The first kappa shape index (κ1) is 38.1. The number of ketones is 1. The monoisotopic (exact) mass is 712 g/mol. The van der Waals surface area contributed by atoms with E-state index in [4.69, 9.17) is 23.4 Å². The third kappa shape index (κ3) is 5.62. The van der Waals surface area contributed by atoms with Crippen molar-refractivity contribution in [2.45, 2.75) is 128 Å². The number of hydrogen-bond donors (Lipinski definition) is 2. The van der Waals surface area contributed by atoms with Gasteiger partial charge in [0.15, 0.2) is 25.8 Å². The highest BCUT2D eigenvalue weighted by Crippen LogP contribution is 2.65. The highest BCUT2D eigenvalue weighted by atomic mass is 28.4. The molecule has 5 rings (SSSR count). The summed E-state index contributed by atoms with van der Waals surface area (Å²) >= 11 is 0. The highest BCUT2D eigenvalue weighted by molar-refractivity contribution is 6.73. The third-order valence-electron chi connectivity index (χ3n) is 12.6. The van der Waals surface area contributed by atoms with Crippen LogP contribution in [0.3, 0.4) is 0 Å². The summed E-state index contributed by atoms with van der Waals surface area (Å²) in [5, 5.41) is 24.9. The van der Waals surface area contributed by atoms with E-state index in [9.17, 15) is 24.6 Å². The molecule has 274 valence electrons. The van der Waals surface area contributed by atoms with Crippen molar-refractivity contribution in [3.63, 3.8) is 0 Å². The lowest BCUT2D eigenvalue weighted by Gasteiger charge is -2.68. The van der Waals surface area contributed by atoms with Gasteiger partial charge in [0.05, 0.1) is 35.7 Å². The van der Waals surface area contributed by atoms with Crippen LogP contribution in [0.1, 0.15) is 78.6 Å². The molecule has 11 nitrogen and oxygen atoms in total. The van der Waals surface area contributed by atoms with Gasteiger partial charge in [0.1, 0.15) is 17.8 Å². The van der Waals surface area contributed by atoms with Gasteiger partial charge in [0.2, 0.25) is 0 Å². The van der Waals surface area contributed by atoms with Crippen LogP contribution in [0.4, 0.5) is 0 Å². The van der Waals surface area contributed by atoms with Gasteiger partial charge in [-0.3, -0.25) is 9.59 Å². The molecule has 2 saturated carbocycles. The molecule has 1 heterocycles. The van der Waals surface area contributed by atoms with Gasteiger partial charge in [0, 0.05) is 31.3 Å². The molecule has 0 aromatic heterocycles. The van der Waals surface area contributed by atoms with Crippen molar-refractivity contribution in [2.24, 2.45) is 16.7 Å². The standard InChI is InChI=1S/C38H52O11Si/c1-10-28(41)48-37-21-45-27(37)19-26(49-50(11-2,12-3)13-4)36(9)31(37)33(47-34(43)24-17-15-14-16-18-24)38(44)20-25(40)22(5)29(35(38,7)8)30(32(36)42)46-23(6)39/h10,14-18,25-27,30-31,33,40,44H,1,11-13,19-21H2,2-9H3/t25-,26-,27+,30+,31?,33-,36+,37-,38+/m0/s1. The van der Waals surface area contributed by atoms with Gasteiger partial charge in [0.25, 0.3) is 0 Å². The van der Waals surface area contributed by atoms with Gasteiger partial charge < -0.3 is 33.6 Å². The van der Waals surface area contributed by atoms with Gasteiger partial charge in [-0.05, 0) is 55.3 Å². The second-order valence-corrected chi connectivity index (χ2v) is 19.9. The van der Waals surface area contributed by atoms with Crippen molar-refractivity contribution in [2.75, 3.05) is 6.61 Å². The van der Waals surface area contributed by atoms with Crippen LogP contribution >= 0.6 is 0 Å². The van der Waals surface area contributed by atoms with Gasteiger partial charge in [-0.1, -0.05) is 59.4 Å². The minimum atomic E-state index is -2.50. The van der Waals surface area contributed by atoms with Gasteiger partial charge in [-0.2, -0.15) is 0 Å². The number of rotatable bonds is 10. The minimum Gasteiger partial charge on any atom is -0.455 e. The largest absolute Gasteiger partial charge is 0.455 e. The summed E-state index contributed by atoms with van der Waals surface area (Å²) in [7, 11) is -2.50. The Balaban J connectivity index is 1.89. The molecule has 1 aromatic carbocycles. The van der Waals surface area contributed by atoms with Crippen molar-refractivity contribution in [1.29, 1.82) is 0 Å². The fourth-order valence-electron chi connectivity index (χ4n) is 9.32. The number of benzene rings is 1. The summed E-state index contributed by atoms with van der Waals surface area (Å²) in [5.41, 5.74) is -6.02. The van der Waals surface area contributed by atoms with Crippen LogP contribution in [0.25, 0.3) is 0 Å². The van der Waals surface area contributed by atoms with Crippen molar-refractivity contribution in [1.82, 2.24) is 0 Å². The number of carbonyl (C=O) groups excluding carboxylic acids is 4. The predicted molar refractivity (Wildman–Crippen MR) is 185 cm³/mol. The summed E-state index contributed by atoms with van der Waals surface area (Å²) < 4.78 is 31.9. The van der Waals surface area contributed by atoms with Crippen LogP contribution in [0.5, 0.6) is 0 Å². The van der Waals surface area contributed by atoms with E-state index < -0.39 is 90.5 Å². The number of hydrogen-bond acceptors (Lipinski definition) is 11. The lowest BCUT2D eigenvalue weighted by Crippen LogP contribution is -2.82. The number of aliphatic hydroxyl groups is 2. The van der Waals surface area contributed by atoms with Crippen LogP contribution in [0, 0.1) is 16.7 Å². The summed E-state index contributed by atoms with van der Waals surface area (Å²) in [5.74, 6) is -4.15. The zero-order valence-electron chi connectivity index (χ0n) is 30.4. The Bertz CT molecular complexity index is 1560. The molecule has 9 atom stereocenters. The lowest BCUT2D eigenvalue weighted by molar-refractivity contribution is -0.344. The van der Waals surface area contributed by atoms with E-state index in [1.165, 1.54) is 6.92 Å². The molecule has 50 heavy (non-hydrogen) atoms. The first-order valence-corrected chi connectivity index (χ1v) is 20.2. The molecule has 0 radical (unpaired) electrons. The Labute approximate surface area is 295 Å². The molecule has 3 fully saturated rings. The molecule has 1 saturated heterocycles. The molecule has 1 aliphatic heterocycles. The predicted octanol–water partition coefficient (Wildman–Crippen LogP) is 4.85. The SMILES string of the molecule is C=CC(=O)O[C@@]12CO[C@@H]1C[C@H](O[Si](CC)(CC)CC)[C@@]1(C)C(=O)[C@H](OC(C)=O)C3=C(C)[C@@H](O)C[C@@](O)([C@@H](OC(=O)c4ccccc4)C12)C3(C)C. The molecule has 0 amide bonds. The molecule has 1 aromatic rings. The molecule has 3 aliphatic carbocycles. The van der Waals surface area contributed by atoms with Crippen LogP contribution in [0.2, 0.25) is 18.1 Å². The lowest BCUT2D eigenvalue weighted by atomic mass is 9.44. The minimum absolute atomic E-state index is 0.145. The second-order valence-electron chi connectivity index (χ2n) is 15.1. The van der Waals surface area contributed by atoms with E-state index in [0.29, 0.717) is 5.57 Å². The fourth-order valence-corrected chi connectivity index (χ4v) is 12.3. The van der Waals surface area contributed by atoms with Crippen LogP contribution in [-0.4, -0.2) is 90.6 Å². The van der Waals surface area contributed by atoms with Gasteiger partial charge >= 0.3 is 17.9 Å². The van der Waals surface area contributed by atoms with Crippen molar-refractivity contribution < 1.29 is 52.8 Å². The summed E-state index contributed by atoms with van der Waals surface area (Å²) in [6.45, 7) is 17.5. The topological polar surface area (TPSA) is 155 Å². The molecule has 2 N–H and O–H groups in total. The number of esters is 3. The maximum atomic E-state index is 15.7. The van der Waals surface area contributed by atoms with Crippen LogP contribution < -0.4 is 0 Å². The first-order chi connectivity index (χ1) is 23.4. The normalized spacial score (nSPS) is 36.1. The molecule has 4 aliphatic rings. The van der Waals surface area contributed by atoms with Crippen molar-refractivity contribution in [3.05, 3.63) is 59.7 Å². The van der Waals surface area contributed by atoms with E-state index >= 15 is 4.79 Å². The maximum absolute atomic E-state index is 15.7. The molecular weight excluding hydrogens is 660 g/mol. The van der Waals surface area contributed by atoms with E-state index in [0.717, 1.165) is 24.2 Å². The average molecular weight is 713 g/mol. The molecule has 2 bridgehead atoms. The van der Waals surface area contributed by atoms with Gasteiger partial charge in [-0.15, -0.1) is 0 Å². The number of Topliss-reactive ketones (excluding diaryl/α,β-unsaturated/α-hetero) is 1. The maximum Gasteiger partial charge on any atom is 0.338 e. The summed E-state index contributed by atoms with van der Waals surface area (Å²) in [6, 6.07) is 10.5. The molecule has 0 spiro atoms. The highest BCUT2D eigenvalue weighted by Gasteiger charge is 2.78. The van der Waals surface area contributed by atoms with E-state index in [1.807, 2.05) is 0 Å². The number of carbonyl (C=O) groups is 4. The van der Waals surface area contributed by atoms with Crippen molar-refractivity contribution in [3.8, 4) is 0 Å². The Morgan fingerprint density at radius 3 is 2.20 bits per heavy atom. The zero-order valence-corrected chi connectivity index (χ0v) is 31.4. The number of fused-ring (bicyclic) bond motifs is 5. The third-order valence-corrected chi connectivity index (χ3v) is 17.3. The van der Waals surface area contributed by atoms with Crippen LogP contribution in [0.15, 0.2) is 54.1 Å². The summed E-state index contributed by atoms with van der Waals surface area (Å²) in [4.78, 5) is 55.9. The second kappa shape index (κ2) is 13.4. The fraction of sp³-hybridized carbons (Fsp3) is 0.632. The first-order valence-electron chi connectivity index (χ1n) is 17.7. The van der Waals surface area contributed by atoms with Crippen molar-refractivity contribution >= 4 is 32.0 Å². The van der Waals surface area contributed by atoms with E-state index in [-0.39, 0.29) is 30.6 Å². The Kier molecular flexibility index (Phi) is 10.2. The quantitative estimate of drug-likeness (QED) is 0.113. The Morgan fingerprint density at radius 1 is 1.06 bits per heavy atom. The van der Waals surface area contributed by atoms with E-state index in [1.54, 1.807) is 58.0 Å². The van der Waals surface area contributed by atoms with E-state index in [2.05, 4.69) is 27.4 Å². The zero-order chi connectivity index (χ0) is 37.0. The Morgan fingerprint density at radius 2 is 1.68 bits per heavy atom. The van der Waals surface area contributed by atoms with Crippen LogP contribution in [-0.2, 0) is 37.8 Å². The molecule has 1 unspecified atom stereocenters. The molecule has 12 heteroatoms. The number of ether oxygens (including phenoxy) is 4. The Hall–Kier alpha value is -3.16. The average Bonchev–Trinajstić information content (AvgIpc) is 3.08. The van der Waals surface area contributed by atoms with Gasteiger partial charge in [-0.25, -0.2) is 9.59 Å².